The van der Waals surface area contributed by atoms with E-state index in [2.05, 4.69) is 15.6 Å². The van der Waals surface area contributed by atoms with Crippen LogP contribution in [-0.2, 0) is 30.4 Å². The van der Waals surface area contributed by atoms with E-state index in [1.54, 1.807) is 6.20 Å². The van der Waals surface area contributed by atoms with Gasteiger partial charge in [-0.15, -0.1) is 0 Å². The van der Waals surface area contributed by atoms with E-state index in [4.69, 9.17) is 16.6 Å². The lowest BCUT2D eigenvalue weighted by molar-refractivity contribution is -0.144. The number of amides is 4. The molecule has 178 valence electrons. The standard InChI is InChI=1S/C20H26N6O7/c21-12(5-10-7-23-13-4-2-1-3-11(10)13)18(30)24-8-17(29)25-15(9-27)19(31)26-14(20(32)33)6-16(22)28/h1-4,7,12,14-15,23,27H,5-6,8-9,21H2,(H2,22,28)(H,24,30)(H,25,29)(H,26,31)(H,32,33). The maximum atomic E-state index is 12.3. The van der Waals surface area contributed by atoms with Crippen molar-refractivity contribution in [2.24, 2.45) is 11.5 Å². The average Bonchev–Trinajstić information content (AvgIpc) is 3.17. The summed E-state index contributed by atoms with van der Waals surface area (Å²) in [5.41, 5.74) is 12.6. The molecule has 0 spiro atoms. The third-order valence-corrected chi connectivity index (χ3v) is 4.73. The largest absolute Gasteiger partial charge is 0.480 e. The van der Waals surface area contributed by atoms with E-state index >= 15 is 0 Å². The van der Waals surface area contributed by atoms with Crippen molar-refractivity contribution in [1.82, 2.24) is 20.9 Å². The van der Waals surface area contributed by atoms with Crippen LogP contribution in [-0.4, -0.2) is 76.1 Å². The molecule has 1 heterocycles. The number of aromatic nitrogens is 1. The lowest BCUT2D eigenvalue weighted by atomic mass is 10.1. The third-order valence-electron chi connectivity index (χ3n) is 4.73. The fourth-order valence-electron chi connectivity index (χ4n) is 3.04. The summed E-state index contributed by atoms with van der Waals surface area (Å²) in [6, 6.07) is 3.42. The van der Waals surface area contributed by atoms with E-state index < -0.39 is 67.3 Å². The molecule has 1 aromatic heterocycles. The number of aromatic amines is 1. The second kappa shape index (κ2) is 11.6. The van der Waals surface area contributed by atoms with E-state index in [0.29, 0.717) is 0 Å². The zero-order valence-electron chi connectivity index (χ0n) is 17.5. The number of hydrogen-bond donors (Lipinski definition) is 8. The number of rotatable bonds is 12. The molecule has 0 aliphatic carbocycles. The number of nitrogens with two attached hydrogens (primary N) is 2. The molecule has 13 heteroatoms. The van der Waals surface area contributed by atoms with Crippen LogP contribution in [0.15, 0.2) is 30.5 Å². The first-order valence-corrected chi connectivity index (χ1v) is 9.92. The maximum Gasteiger partial charge on any atom is 0.326 e. The van der Waals surface area contributed by atoms with Crippen LogP contribution < -0.4 is 27.4 Å². The number of nitrogens with one attached hydrogen (secondary N) is 4. The Kier molecular flexibility index (Phi) is 8.89. The van der Waals surface area contributed by atoms with E-state index in [-0.39, 0.29) is 6.42 Å². The zero-order chi connectivity index (χ0) is 24.5. The molecular weight excluding hydrogens is 436 g/mol. The van der Waals surface area contributed by atoms with Gasteiger partial charge >= 0.3 is 5.97 Å². The van der Waals surface area contributed by atoms with Gasteiger partial charge in [0.1, 0.15) is 12.1 Å². The summed E-state index contributed by atoms with van der Waals surface area (Å²) < 4.78 is 0. The summed E-state index contributed by atoms with van der Waals surface area (Å²) in [6.07, 6.45) is 1.30. The molecule has 3 unspecified atom stereocenters. The van der Waals surface area contributed by atoms with E-state index in [9.17, 15) is 29.1 Å². The van der Waals surface area contributed by atoms with Gasteiger partial charge in [-0.2, -0.15) is 0 Å². The summed E-state index contributed by atoms with van der Waals surface area (Å²) in [5.74, 6) is -4.94. The van der Waals surface area contributed by atoms with Crippen molar-refractivity contribution in [2.75, 3.05) is 13.2 Å². The molecule has 33 heavy (non-hydrogen) atoms. The van der Waals surface area contributed by atoms with Crippen LogP contribution >= 0.6 is 0 Å². The van der Waals surface area contributed by atoms with Gasteiger partial charge in [-0.3, -0.25) is 19.2 Å². The summed E-state index contributed by atoms with van der Waals surface area (Å²) in [5, 5.41) is 25.8. The molecule has 2 rings (SSSR count). The normalized spacial score (nSPS) is 13.5. The number of carbonyl (C=O) groups is 5. The van der Waals surface area contributed by atoms with Crippen molar-refractivity contribution < 1.29 is 34.2 Å². The fourth-order valence-corrected chi connectivity index (χ4v) is 3.04. The minimum absolute atomic E-state index is 0.218. The lowest BCUT2D eigenvalue weighted by Crippen LogP contribution is -2.55. The van der Waals surface area contributed by atoms with Crippen LogP contribution in [0.25, 0.3) is 10.9 Å². The van der Waals surface area contributed by atoms with Gasteiger partial charge in [-0.25, -0.2) is 4.79 Å². The monoisotopic (exact) mass is 462 g/mol. The minimum atomic E-state index is -1.62. The molecule has 0 fully saturated rings. The Hall–Kier alpha value is -3.97. The Morgan fingerprint density at radius 1 is 1.03 bits per heavy atom. The molecule has 0 aliphatic heterocycles. The van der Waals surface area contributed by atoms with Crippen LogP contribution in [0.3, 0.4) is 0 Å². The quantitative estimate of drug-likeness (QED) is 0.162. The first kappa shape index (κ1) is 25.3. The number of aliphatic hydroxyl groups excluding tert-OH is 1. The molecule has 4 amide bonds. The number of primary amides is 1. The summed E-state index contributed by atoms with van der Waals surface area (Å²) >= 11 is 0. The van der Waals surface area contributed by atoms with Crippen molar-refractivity contribution in [3.63, 3.8) is 0 Å². The number of carboxylic acids is 1. The molecule has 10 N–H and O–H groups in total. The highest BCUT2D eigenvalue weighted by Gasteiger charge is 2.27. The highest BCUT2D eigenvalue weighted by molar-refractivity contribution is 5.94. The molecule has 0 saturated heterocycles. The molecule has 2 aromatic rings. The SMILES string of the molecule is NC(=O)CC(NC(=O)C(CO)NC(=O)CNC(=O)C(N)Cc1c[nH]c2ccccc12)C(=O)O. The van der Waals surface area contributed by atoms with Gasteiger partial charge in [0.25, 0.3) is 0 Å². The second-order valence-electron chi connectivity index (χ2n) is 7.26. The predicted molar refractivity (Wildman–Crippen MR) is 115 cm³/mol. The number of carbonyl (C=O) groups excluding carboxylic acids is 4. The smallest absolute Gasteiger partial charge is 0.326 e. The van der Waals surface area contributed by atoms with E-state index in [0.717, 1.165) is 16.5 Å². The highest BCUT2D eigenvalue weighted by atomic mass is 16.4. The van der Waals surface area contributed by atoms with Crippen LogP contribution in [0.2, 0.25) is 0 Å². The van der Waals surface area contributed by atoms with Gasteiger partial charge in [-0.1, -0.05) is 18.2 Å². The van der Waals surface area contributed by atoms with Gasteiger partial charge in [0.05, 0.1) is 25.6 Å². The Morgan fingerprint density at radius 3 is 2.36 bits per heavy atom. The molecule has 13 nitrogen and oxygen atoms in total. The number of benzene rings is 1. The number of carboxylic acid groups (broad SMARTS) is 1. The Morgan fingerprint density at radius 2 is 1.73 bits per heavy atom. The summed E-state index contributed by atoms with van der Waals surface area (Å²) in [6.45, 7) is -1.39. The number of hydrogen-bond acceptors (Lipinski definition) is 7. The summed E-state index contributed by atoms with van der Waals surface area (Å²) in [7, 11) is 0. The van der Waals surface area contributed by atoms with Crippen molar-refractivity contribution >= 4 is 40.5 Å². The Balaban J connectivity index is 1.85. The van der Waals surface area contributed by atoms with Crippen molar-refractivity contribution in [3.8, 4) is 0 Å². The van der Waals surface area contributed by atoms with Crippen molar-refractivity contribution in [2.45, 2.75) is 31.0 Å². The third kappa shape index (κ3) is 7.29. The molecule has 0 saturated carbocycles. The van der Waals surface area contributed by atoms with Crippen molar-refractivity contribution in [3.05, 3.63) is 36.0 Å². The van der Waals surface area contributed by atoms with Crippen LogP contribution in [0.1, 0.15) is 12.0 Å². The number of para-hydroxylation sites is 1. The van der Waals surface area contributed by atoms with E-state index in [1.165, 1.54) is 0 Å². The van der Waals surface area contributed by atoms with Gasteiger partial charge in [-0.05, 0) is 18.1 Å². The fraction of sp³-hybridized carbons (Fsp3) is 0.350. The van der Waals surface area contributed by atoms with Gasteiger partial charge in [0.15, 0.2) is 0 Å². The topological polar surface area (TPSA) is 230 Å². The van der Waals surface area contributed by atoms with E-state index in [1.807, 2.05) is 29.6 Å². The van der Waals surface area contributed by atoms with Gasteiger partial charge in [0, 0.05) is 17.1 Å². The molecule has 0 aliphatic rings. The average molecular weight is 462 g/mol. The first-order valence-electron chi connectivity index (χ1n) is 9.92. The molecule has 0 radical (unpaired) electrons. The lowest BCUT2D eigenvalue weighted by Gasteiger charge is -2.19. The van der Waals surface area contributed by atoms with Crippen molar-refractivity contribution in [1.29, 1.82) is 0 Å². The summed E-state index contributed by atoms with van der Waals surface area (Å²) in [4.78, 5) is 61.6. The molecular formula is C20H26N6O7. The minimum Gasteiger partial charge on any atom is -0.480 e. The molecule has 0 bridgehead atoms. The van der Waals surface area contributed by atoms with Crippen LogP contribution in [0.4, 0.5) is 0 Å². The number of aliphatic carboxylic acids is 1. The van der Waals surface area contributed by atoms with Crippen LogP contribution in [0.5, 0.6) is 0 Å². The number of fused-ring (bicyclic) bond motifs is 1. The first-order chi connectivity index (χ1) is 15.6. The number of H-pyrrole nitrogens is 1. The Labute approximate surface area is 187 Å². The van der Waals surface area contributed by atoms with Crippen LogP contribution in [0, 0.1) is 0 Å². The Bertz CT molecular complexity index is 1040. The zero-order valence-corrected chi connectivity index (χ0v) is 17.5. The maximum absolute atomic E-state index is 12.3. The second-order valence-corrected chi connectivity index (χ2v) is 7.26. The van der Waals surface area contributed by atoms with Gasteiger partial charge < -0.3 is 42.6 Å². The predicted octanol–water partition coefficient (Wildman–Crippen LogP) is -2.92. The molecule has 1 aromatic carbocycles. The number of aliphatic hydroxyl groups is 1. The van der Waals surface area contributed by atoms with Gasteiger partial charge in [0.2, 0.25) is 23.6 Å². The molecule has 3 atom stereocenters. The highest BCUT2D eigenvalue weighted by Crippen LogP contribution is 2.18.